The Morgan fingerprint density at radius 3 is 2.67 bits per heavy atom. The van der Waals surface area contributed by atoms with Crippen LogP contribution in [0.2, 0.25) is 0 Å². The van der Waals surface area contributed by atoms with E-state index >= 15 is 0 Å². The minimum absolute atomic E-state index is 0.263. The molecule has 2 amide bonds. The van der Waals surface area contributed by atoms with Crippen molar-refractivity contribution < 1.29 is 9.59 Å². The standard InChI is InChI=1S/C10H11N3O2/c1-6(4-11)13-9(14)7-2-3-12-5-8(7)10(13)15/h2-3,5-6H,4,11H2,1H3. The molecule has 5 heteroatoms. The largest absolute Gasteiger partial charge is 0.328 e. The molecule has 0 aliphatic carbocycles. The predicted octanol–water partition coefficient (Wildman–Crippen LogP) is 0.0248. The monoisotopic (exact) mass is 205 g/mol. The zero-order chi connectivity index (χ0) is 11.0. The first-order chi connectivity index (χ1) is 7.16. The molecule has 1 unspecified atom stereocenters. The van der Waals surface area contributed by atoms with Gasteiger partial charge < -0.3 is 5.73 Å². The van der Waals surface area contributed by atoms with Crippen LogP contribution in [0.5, 0.6) is 0 Å². The number of pyridine rings is 1. The van der Waals surface area contributed by atoms with Gasteiger partial charge in [-0.1, -0.05) is 0 Å². The van der Waals surface area contributed by atoms with Crippen molar-refractivity contribution >= 4 is 11.8 Å². The third-order valence-electron chi connectivity index (χ3n) is 2.50. The fourth-order valence-electron chi connectivity index (χ4n) is 1.61. The van der Waals surface area contributed by atoms with E-state index in [2.05, 4.69) is 4.98 Å². The topological polar surface area (TPSA) is 76.3 Å². The molecule has 5 nitrogen and oxygen atoms in total. The average Bonchev–Trinajstić information content (AvgIpc) is 2.52. The van der Waals surface area contributed by atoms with E-state index in [1.54, 1.807) is 13.0 Å². The highest BCUT2D eigenvalue weighted by molar-refractivity contribution is 6.21. The van der Waals surface area contributed by atoms with Gasteiger partial charge in [-0.2, -0.15) is 0 Å². The van der Waals surface area contributed by atoms with Gasteiger partial charge in [-0.3, -0.25) is 19.5 Å². The van der Waals surface area contributed by atoms with Gasteiger partial charge in [0.1, 0.15) is 0 Å². The summed E-state index contributed by atoms with van der Waals surface area (Å²) in [6, 6.07) is 1.27. The van der Waals surface area contributed by atoms with E-state index in [4.69, 9.17) is 5.73 Å². The Bertz CT molecular complexity index is 395. The smallest absolute Gasteiger partial charge is 0.263 e. The second-order valence-corrected chi connectivity index (χ2v) is 3.49. The van der Waals surface area contributed by atoms with E-state index in [9.17, 15) is 9.59 Å². The number of carbonyl (C=O) groups is 2. The summed E-state index contributed by atoms with van der Waals surface area (Å²) in [5.74, 6) is -0.587. The van der Waals surface area contributed by atoms with Gasteiger partial charge in [0, 0.05) is 25.0 Å². The van der Waals surface area contributed by atoms with Gasteiger partial charge >= 0.3 is 0 Å². The molecule has 78 valence electrons. The maximum atomic E-state index is 11.8. The van der Waals surface area contributed by atoms with Gasteiger partial charge in [-0.25, -0.2) is 0 Å². The molecule has 2 N–H and O–H groups in total. The van der Waals surface area contributed by atoms with Crippen molar-refractivity contribution in [2.75, 3.05) is 6.54 Å². The van der Waals surface area contributed by atoms with Gasteiger partial charge in [0.15, 0.2) is 0 Å². The van der Waals surface area contributed by atoms with Crippen LogP contribution in [0.25, 0.3) is 0 Å². The van der Waals surface area contributed by atoms with Gasteiger partial charge in [0.2, 0.25) is 0 Å². The van der Waals surface area contributed by atoms with Gasteiger partial charge in [-0.15, -0.1) is 0 Å². The van der Waals surface area contributed by atoms with E-state index in [1.807, 2.05) is 0 Å². The molecule has 0 radical (unpaired) electrons. The zero-order valence-electron chi connectivity index (χ0n) is 8.30. The molecule has 1 aliphatic heterocycles. The Morgan fingerprint density at radius 2 is 2.07 bits per heavy atom. The number of carbonyl (C=O) groups excluding carboxylic acids is 2. The molecule has 0 fully saturated rings. The lowest BCUT2D eigenvalue weighted by atomic mass is 10.2. The molecule has 1 aliphatic rings. The Morgan fingerprint density at radius 1 is 1.40 bits per heavy atom. The summed E-state index contributed by atoms with van der Waals surface area (Å²) < 4.78 is 0. The molecule has 1 atom stereocenters. The third kappa shape index (κ3) is 1.32. The SMILES string of the molecule is CC(CN)N1C(=O)c2ccncc2C1=O. The van der Waals surface area contributed by atoms with Gasteiger partial charge in [0.25, 0.3) is 11.8 Å². The van der Waals surface area contributed by atoms with Crippen molar-refractivity contribution in [1.29, 1.82) is 0 Å². The van der Waals surface area contributed by atoms with Crippen molar-refractivity contribution in [1.82, 2.24) is 9.88 Å². The van der Waals surface area contributed by atoms with Gasteiger partial charge in [-0.05, 0) is 13.0 Å². The van der Waals surface area contributed by atoms with E-state index < -0.39 is 0 Å². The van der Waals surface area contributed by atoms with Crippen LogP contribution >= 0.6 is 0 Å². The molecular weight excluding hydrogens is 194 g/mol. The number of nitrogens with two attached hydrogens (primary N) is 1. The third-order valence-corrected chi connectivity index (χ3v) is 2.50. The van der Waals surface area contributed by atoms with E-state index in [0.717, 1.165) is 0 Å². The molecule has 0 spiro atoms. The maximum absolute atomic E-state index is 11.8. The molecule has 1 aromatic heterocycles. The fraction of sp³-hybridized carbons (Fsp3) is 0.300. The highest BCUT2D eigenvalue weighted by Gasteiger charge is 2.37. The normalized spacial score (nSPS) is 16.8. The molecule has 1 aromatic rings. The maximum Gasteiger partial charge on any atom is 0.263 e. The Hall–Kier alpha value is -1.75. The summed E-state index contributed by atoms with van der Waals surface area (Å²) >= 11 is 0. The van der Waals surface area contributed by atoms with Crippen LogP contribution in [0, 0.1) is 0 Å². The highest BCUT2D eigenvalue weighted by Crippen LogP contribution is 2.22. The number of aromatic nitrogens is 1. The Balaban J connectivity index is 2.45. The number of hydrogen-bond donors (Lipinski definition) is 1. The summed E-state index contributed by atoms with van der Waals surface area (Å²) in [5.41, 5.74) is 6.23. The zero-order valence-corrected chi connectivity index (χ0v) is 8.30. The van der Waals surface area contributed by atoms with Crippen LogP contribution in [0.3, 0.4) is 0 Å². The number of amides is 2. The summed E-state index contributed by atoms with van der Waals surface area (Å²) in [7, 11) is 0. The quantitative estimate of drug-likeness (QED) is 0.691. The molecule has 2 rings (SSSR count). The summed E-state index contributed by atoms with van der Waals surface area (Å²) in [5, 5.41) is 0. The summed E-state index contributed by atoms with van der Waals surface area (Å²) in [4.78, 5) is 28.7. The van der Waals surface area contributed by atoms with Crippen molar-refractivity contribution in [2.45, 2.75) is 13.0 Å². The van der Waals surface area contributed by atoms with Crippen LogP contribution in [-0.2, 0) is 0 Å². The van der Waals surface area contributed by atoms with Crippen molar-refractivity contribution in [3.63, 3.8) is 0 Å². The highest BCUT2D eigenvalue weighted by atomic mass is 16.2. The van der Waals surface area contributed by atoms with E-state index in [-0.39, 0.29) is 24.4 Å². The average molecular weight is 205 g/mol. The van der Waals surface area contributed by atoms with Crippen LogP contribution in [0.1, 0.15) is 27.6 Å². The van der Waals surface area contributed by atoms with Crippen LogP contribution in [-0.4, -0.2) is 34.3 Å². The number of imide groups is 1. The molecule has 0 bridgehead atoms. The fourth-order valence-corrected chi connectivity index (χ4v) is 1.61. The van der Waals surface area contributed by atoms with Crippen molar-refractivity contribution in [3.05, 3.63) is 29.6 Å². The summed E-state index contributed by atoms with van der Waals surface area (Å²) in [6.07, 6.45) is 2.92. The van der Waals surface area contributed by atoms with Crippen LogP contribution in [0.15, 0.2) is 18.5 Å². The number of fused-ring (bicyclic) bond motifs is 1. The Kier molecular flexibility index (Phi) is 2.24. The lowest BCUT2D eigenvalue weighted by molar-refractivity contribution is 0.0602. The molecule has 0 saturated carbocycles. The molecule has 0 saturated heterocycles. The summed E-state index contributed by atoms with van der Waals surface area (Å²) in [6.45, 7) is 2.01. The first-order valence-electron chi connectivity index (χ1n) is 4.68. The van der Waals surface area contributed by atoms with Crippen molar-refractivity contribution in [3.8, 4) is 0 Å². The van der Waals surface area contributed by atoms with Crippen LogP contribution < -0.4 is 5.73 Å². The molecule has 2 heterocycles. The van der Waals surface area contributed by atoms with Crippen molar-refractivity contribution in [2.24, 2.45) is 5.73 Å². The lowest BCUT2D eigenvalue weighted by Crippen LogP contribution is -2.42. The second kappa shape index (κ2) is 3.43. The molecule has 15 heavy (non-hydrogen) atoms. The first kappa shape index (κ1) is 9.79. The predicted molar refractivity (Wildman–Crippen MR) is 53.3 cm³/mol. The number of nitrogens with zero attached hydrogens (tertiary/aromatic N) is 2. The molecule has 0 aromatic carbocycles. The number of rotatable bonds is 2. The lowest BCUT2D eigenvalue weighted by Gasteiger charge is -2.20. The second-order valence-electron chi connectivity index (χ2n) is 3.49. The first-order valence-corrected chi connectivity index (χ1v) is 4.68. The molecular formula is C10H11N3O2. The van der Waals surface area contributed by atoms with E-state index in [1.165, 1.54) is 17.3 Å². The van der Waals surface area contributed by atoms with E-state index in [0.29, 0.717) is 11.1 Å². The van der Waals surface area contributed by atoms with Gasteiger partial charge in [0.05, 0.1) is 11.1 Å². The minimum Gasteiger partial charge on any atom is -0.328 e. The van der Waals surface area contributed by atoms with Crippen LogP contribution in [0.4, 0.5) is 0 Å². The minimum atomic E-state index is -0.305. The Labute approximate surface area is 86.9 Å². The number of hydrogen-bond acceptors (Lipinski definition) is 4.